The van der Waals surface area contributed by atoms with Crippen LogP contribution < -0.4 is 4.90 Å². The van der Waals surface area contributed by atoms with Crippen molar-refractivity contribution >= 4 is 11.7 Å². The molecule has 140 valence electrons. The van der Waals surface area contributed by atoms with Crippen molar-refractivity contribution in [2.45, 2.75) is 13.5 Å². The number of carbonyl (C=O) groups is 1. The Morgan fingerprint density at radius 1 is 1.19 bits per heavy atom. The third-order valence-electron chi connectivity index (χ3n) is 4.41. The van der Waals surface area contributed by atoms with Crippen LogP contribution in [-0.2, 0) is 16.1 Å². The molecule has 1 N–H and O–H groups in total. The van der Waals surface area contributed by atoms with Crippen molar-refractivity contribution in [2.75, 3.05) is 31.2 Å². The summed E-state index contributed by atoms with van der Waals surface area (Å²) in [6, 6.07) is 11.4. The van der Waals surface area contributed by atoms with Gasteiger partial charge in [0.1, 0.15) is 12.3 Å². The van der Waals surface area contributed by atoms with Gasteiger partial charge in [-0.05, 0) is 31.2 Å². The van der Waals surface area contributed by atoms with E-state index in [0.29, 0.717) is 30.6 Å². The summed E-state index contributed by atoms with van der Waals surface area (Å²) in [6.07, 6.45) is 0. The number of rotatable bonds is 5. The van der Waals surface area contributed by atoms with Crippen LogP contribution in [0.5, 0.6) is 0 Å². The standard InChI is InChI=1S/C19H20N4O4/c1-13-6-7-16(27-13)18-20-19(23(21-18)12-17(24)25)14-4-2-3-5-15(14)22-8-10-26-11-9-22/h2-7H,8-12H2,1H3,(H,24,25). The molecule has 3 heterocycles. The van der Waals surface area contributed by atoms with Crippen LogP contribution in [0.15, 0.2) is 40.8 Å². The molecule has 0 radical (unpaired) electrons. The van der Waals surface area contributed by atoms with Crippen LogP contribution in [-0.4, -0.2) is 52.1 Å². The summed E-state index contributed by atoms with van der Waals surface area (Å²) >= 11 is 0. The van der Waals surface area contributed by atoms with Gasteiger partial charge in [-0.25, -0.2) is 9.67 Å². The number of hydrogen-bond acceptors (Lipinski definition) is 6. The van der Waals surface area contributed by atoms with Crippen molar-refractivity contribution in [2.24, 2.45) is 0 Å². The Labute approximate surface area is 156 Å². The van der Waals surface area contributed by atoms with Crippen LogP contribution in [0.25, 0.3) is 23.0 Å². The lowest BCUT2D eigenvalue weighted by molar-refractivity contribution is -0.137. The number of aliphatic carboxylic acids is 1. The van der Waals surface area contributed by atoms with E-state index in [2.05, 4.69) is 15.0 Å². The normalized spacial score (nSPS) is 14.5. The fourth-order valence-corrected chi connectivity index (χ4v) is 3.18. The average molecular weight is 368 g/mol. The number of benzene rings is 1. The van der Waals surface area contributed by atoms with Gasteiger partial charge >= 0.3 is 5.97 Å². The van der Waals surface area contributed by atoms with Gasteiger partial charge in [0.2, 0.25) is 5.82 Å². The van der Waals surface area contributed by atoms with Gasteiger partial charge in [-0.3, -0.25) is 4.79 Å². The highest BCUT2D eigenvalue weighted by Gasteiger charge is 2.22. The van der Waals surface area contributed by atoms with Crippen LogP contribution in [0.4, 0.5) is 5.69 Å². The lowest BCUT2D eigenvalue weighted by Gasteiger charge is -2.30. The van der Waals surface area contributed by atoms with Gasteiger partial charge in [-0.15, -0.1) is 5.10 Å². The minimum atomic E-state index is -0.979. The predicted octanol–water partition coefficient (Wildman–Crippen LogP) is 2.43. The number of morpholine rings is 1. The number of nitrogens with zero attached hydrogens (tertiary/aromatic N) is 4. The number of carboxylic acids is 1. The number of furan rings is 1. The lowest BCUT2D eigenvalue weighted by Crippen LogP contribution is -2.36. The first kappa shape index (κ1) is 17.3. The van der Waals surface area contributed by atoms with Crippen LogP contribution in [0, 0.1) is 6.92 Å². The van der Waals surface area contributed by atoms with E-state index in [9.17, 15) is 9.90 Å². The van der Waals surface area contributed by atoms with Gasteiger partial charge in [0, 0.05) is 24.3 Å². The van der Waals surface area contributed by atoms with Gasteiger partial charge in [-0.2, -0.15) is 0 Å². The zero-order valence-electron chi connectivity index (χ0n) is 15.0. The van der Waals surface area contributed by atoms with E-state index in [1.165, 1.54) is 4.68 Å². The van der Waals surface area contributed by atoms with Crippen molar-refractivity contribution in [3.8, 4) is 23.0 Å². The minimum Gasteiger partial charge on any atom is -0.480 e. The third kappa shape index (κ3) is 3.56. The Morgan fingerprint density at radius 3 is 2.67 bits per heavy atom. The molecule has 27 heavy (non-hydrogen) atoms. The number of anilines is 1. The van der Waals surface area contributed by atoms with E-state index >= 15 is 0 Å². The molecule has 1 aromatic carbocycles. The SMILES string of the molecule is Cc1ccc(-c2nc(-c3ccccc3N3CCOCC3)n(CC(=O)O)n2)o1. The summed E-state index contributed by atoms with van der Waals surface area (Å²) in [5.74, 6) is 1.16. The number of aryl methyl sites for hydroxylation is 1. The number of hydrogen-bond donors (Lipinski definition) is 1. The molecule has 3 aromatic rings. The smallest absolute Gasteiger partial charge is 0.325 e. The molecule has 0 saturated carbocycles. The van der Waals surface area contributed by atoms with Crippen molar-refractivity contribution in [3.05, 3.63) is 42.2 Å². The maximum Gasteiger partial charge on any atom is 0.325 e. The Bertz CT molecular complexity index is 956. The zero-order chi connectivity index (χ0) is 18.8. The number of carboxylic acid groups (broad SMARTS) is 1. The van der Waals surface area contributed by atoms with Gasteiger partial charge < -0.3 is 19.2 Å². The molecule has 0 spiro atoms. The minimum absolute atomic E-state index is 0.278. The van der Waals surface area contributed by atoms with Gasteiger partial charge in [0.05, 0.1) is 13.2 Å². The summed E-state index contributed by atoms with van der Waals surface area (Å²) in [5.41, 5.74) is 1.82. The fourth-order valence-electron chi connectivity index (χ4n) is 3.18. The number of para-hydroxylation sites is 1. The average Bonchev–Trinajstić information content (AvgIpc) is 3.28. The first-order chi connectivity index (χ1) is 13.1. The highest BCUT2D eigenvalue weighted by molar-refractivity contribution is 5.77. The third-order valence-corrected chi connectivity index (χ3v) is 4.41. The van der Waals surface area contributed by atoms with E-state index in [-0.39, 0.29) is 6.54 Å². The van der Waals surface area contributed by atoms with Crippen LogP contribution in [0.2, 0.25) is 0 Å². The summed E-state index contributed by atoms with van der Waals surface area (Å²) in [5, 5.41) is 13.7. The molecule has 0 aliphatic carbocycles. The second-order valence-corrected chi connectivity index (χ2v) is 6.34. The Hall–Kier alpha value is -3.13. The molecule has 0 atom stereocenters. The topological polar surface area (TPSA) is 93.6 Å². The molecule has 1 aliphatic rings. The first-order valence-corrected chi connectivity index (χ1v) is 8.77. The largest absolute Gasteiger partial charge is 0.480 e. The lowest BCUT2D eigenvalue weighted by atomic mass is 10.1. The van der Waals surface area contributed by atoms with Crippen LogP contribution >= 0.6 is 0 Å². The Balaban J connectivity index is 1.80. The Morgan fingerprint density at radius 2 is 1.96 bits per heavy atom. The molecular formula is C19H20N4O4. The van der Waals surface area contributed by atoms with Crippen molar-refractivity contribution in [1.82, 2.24) is 14.8 Å². The van der Waals surface area contributed by atoms with E-state index in [1.807, 2.05) is 37.3 Å². The molecule has 1 fully saturated rings. The predicted molar refractivity (Wildman–Crippen MR) is 98.6 cm³/mol. The Kier molecular flexibility index (Phi) is 4.64. The molecular weight excluding hydrogens is 348 g/mol. The van der Waals surface area contributed by atoms with Gasteiger partial charge in [-0.1, -0.05) is 12.1 Å². The molecule has 1 saturated heterocycles. The zero-order valence-corrected chi connectivity index (χ0v) is 15.0. The van der Waals surface area contributed by atoms with E-state index < -0.39 is 5.97 Å². The van der Waals surface area contributed by atoms with Crippen molar-refractivity contribution in [1.29, 1.82) is 0 Å². The fraction of sp³-hybridized carbons (Fsp3) is 0.316. The molecule has 1 aliphatic heterocycles. The summed E-state index contributed by atoms with van der Waals surface area (Å²) in [4.78, 5) is 18.2. The highest BCUT2D eigenvalue weighted by atomic mass is 16.5. The highest BCUT2D eigenvalue weighted by Crippen LogP contribution is 2.32. The van der Waals surface area contributed by atoms with Crippen molar-refractivity contribution < 1.29 is 19.1 Å². The van der Waals surface area contributed by atoms with Crippen LogP contribution in [0.1, 0.15) is 5.76 Å². The van der Waals surface area contributed by atoms with Gasteiger partial charge in [0.25, 0.3) is 0 Å². The van der Waals surface area contributed by atoms with E-state index in [1.54, 1.807) is 6.07 Å². The first-order valence-electron chi connectivity index (χ1n) is 8.77. The summed E-state index contributed by atoms with van der Waals surface area (Å²) < 4.78 is 12.5. The molecule has 0 unspecified atom stereocenters. The maximum absolute atomic E-state index is 11.3. The van der Waals surface area contributed by atoms with Crippen molar-refractivity contribution in [3.63, 3.8) is 0 Å². The van der Waals surface area contributed by atoms with E-state index in [4.69, 9.17) is 9.15 Å². The molecule has 0 amide bonds. The summed E-state index contributed by atoms with van der Waals surface area (Å²) in [6.45, 7) is 4.43. The second kappa shape index (κ2) is 7.24. The molecule has 2 aromatic heterocycles. The van der Waals surface area contributed by atoms with E-state index in [0.717, 1.165) is 30.1 Å². The number of ether oxygens (including phenoxy) is 1. The second-order valence-electron chi connectivity index (χ2n) is 6.34. The molecule has 4 rings (SSSR count). The quantitative estimate of drug-likeness (QED) is 0.739. The van der Waals surface area contributed by atoms with Crippen LogP contribution in [0.3, 0.4) is 0 Å². The number of aromatic nitrogens is 3. The summed E-state index contributed by atoms with van der Waals surface area (Å²) in [7, 11) is 0. The molecule has 0 bridgehead atoms. The monoisotopic (exact) mass is 368 g/mol. The maximum atomic E-state index is 11.3. The molecule has 8 nitrogen and oxygen atoms in total. The molecule has 8 heteroatoms. The van der Waals surface area contributed by atoms with Gasteiger partial charge in [0.15, 0.2) is 11.6 Å².